The molecule has 0 saturated carbocycles. The lowest BCUT2D eigenvalue weighted by atomic mass is 10.2. The minimum Gasteiger partial charge on any atom is -0.396 e. The first-order valence-corrected chi connectivity index (χ1v) is 7.59. The van der Waals surface area contributed by atoms with E-state index in [9.17, 15) is 13.2 Å². The van der Waals surface area contributed by atoms with E-state index in [1.54, 1.807) is 19.1 Å². The van der Waals surface area contributed by atoms with E-state index in [2.05, 4.69) is 0 Å². The number of benzene rings is 1. The number of sulfonamides is 1. The SMILES string of the molecule is CCN(CCCO)S(=O)(=O)c1cccc(C(C)=O)c1. The monoisotopic (exact) mass is 285 g/mol. The predicted octanol–water partition coefficient (Wildman–Crippen LogP) is 1.28. The molecule has 0 spiro atoms. The Morgan fingerprint density at radius 1 is 1.37 bits per heavy atom. The van der Waals surface area contributed by atoms with E-state index in [1.165, 1.54) is 23.4 Å². The molecule has 0 aromatic heterocycles. The van der Waals surface area contributed by atoms with Crippen molar-refractivity contribution in [1.82, 2.24) is 4.31 Å². The second-order valence-corrected chi connectivity index (χ2v) is 6.10. The Morgan fingerprint density at radius 3 is 2.58 bits per heavy atom. The van der Waals surface area contributed by atoms with Gasteiger partial charge in [-0.2, -0.15) is 4.31 Å². The Bertz CT molecular complexity index is 539. The van der Waals surface area contributed by atoms with Gasteiger partial charge in [0.25, 0.3) is 0 Å². The molecule has 0 radical (unpaired) electrons. The fourth-order valence-electron chi connectivity index (χ4n) is 1.72. The number of nitrogens with zero attached hydrogens (tertiary/aromatic N) is 1. The van der Waals surface area contributed by atoms with Crippen molar-refractivity contribution in [3.05, 3.63) is 29.8 Å². The highest BCUT2D eigenvalue weighted by atomic mass is 32.2. The molecule has 19 heavy (non-hydrogen) atoms. The number of ketones is 1. The van der Waals surface area contributed by atoms with Gasteiger partial charge in [0.2, 0.25) is 10.0 Å². The molecule has 0 aliphatic heterocycles. The number of hydrogen-bond donors (Lipinski definition) is 1. The molecule has 1 aromatic carbocycles. The summed E-state index contributed by atoms with van der Waals surface area (Å²) in [6.07, 6.45) is 0.388. The van der Waals surface area contributed by atoms with Gasteiger partial charge in [-0.1, -0.05) is 19.1 Å². The molecule has 0 saturated heterocycles. The van der Waals surface area contributed by atoms with Crippen LogP contribution in [-0.2, 0) is 10.0 Å². The molecule has 0 fully saturated rings. The van der Waals surface area contributed by atoms with Gasteiger partial charge in [-0.15, -0.1) is 0 Å². The standard InChI is InChI=1S/C13H19NO4S/c1-3-14(8-5-9-15)19(17,18)13-7-4-6-12(10-13)11(2)16/h4,6-7,10,15H,3,5,8-9H2,1-2H3. The largest absolute Gasteiger partial charge is 0.396 e. The highest BCUT2D eigenvalue weighted by Crippen LogP contribution is 2.17. The second-order valence-electron chi connectivity index (χ2n) is 4.16. The normalized spacial score (nSPS) is 11.8. The van der Waals surface area contributed by atoms with Gasteiger partial charge in [-0.3, -0.25) is 4.79 Å². The molecular formula is C13H19NO4S. The van der Waals surface area contributed by atoms with E-state index in [4.69, 9.17) is 5.11 Å². The van der Waals surface area contributed by atoms with Crippen molar-refractivity contribution >= 4 is 15.8 Å². The highest BCUT2D eigenvalue weighted by molar-refractivity contribution is 7.89. The van der Waals surface area contributed by atoms with E-state index in [0.717, 1.165) is 0 Å². The van der Waals surface area contributed by atoms with Crippen molar-refractivity contribution in [3.8, 4) is 0 Å². The molecule has 5 nitrogen and oxygen atoms in total. The zero-order chi connectivity index (χ0) is 14.5. The Hall–Kier alpha value is -1.24. The number of Topliss-reactive ketones (excluding diaryl/α,β-unsaturated/α-hetero) is 1. The number of carbonyl (C=O) groups excluding carboxylic acids is 1. The van der Waals surface area contributed by atoms with Gasteiger partial charge in [0.15, 0.2) is 5.78 Å². The van der Waals surface area contributed by atoms with E-state index < -0.39 is 10.0 Å². The third-order valence-electron chi connectivity index (χ3n) is 2.80. The van der Waals surface area contributed by atoms with Crippen LogP contribution in [0.2, 0.25) is 0 Å². The molecule has 0 bridgehead atoms. The fourth-order valence-corrected chi connectivity index (χ4v) is 3.25. The minimum atomic E-state index is -3.61. The molecular weight excluding hydrogens is 266 g/mol. The topological polar surface area (TPSA) is 74.7 Å². The average molecular weight is 285 g/mol. The number of carbonyl (C=O) groups is 1. The fraction of sp³-hybridized carbons (Fsp3) is 0.462. The zero-order valence-corrected chi connectivity index (χ0v) is 12.0. The maximum absolute atomic E-state index is 12.4. The summed E-state index contributed by atoms with van der Waals surface area (Å²) in [6, 6.07) is 6.01. The van der Waals surface area contributed by atoms with Crippen LogP contribution in [0.25, 0.3) is 0 Å². The average Bonchev–Trinajstić information content (AvgIpc) is 2.39. The zero-order valence-electron chi connectivity index (χ0n) is 11.2. The first kappa shape index (κ1) is 15.8. The number of hydrogen-bond acceptors (Lipinski definition) is 4. The Morgan fingerprint density at radius 2 is 2.05 bits per heavy atom. The van der Waals surface area contributed by atoms with Crippen molar-refractivity contribution in [3.63, 3.8) is 0 Å². The van der Waals surface area contributed by atoms with Gasteiger partial charge in [-0.05, 0) is 25.5 Å². The highest BCUT2D eigenvalue weighted by Gasteiger charge is 2.23. The van der Waals surface area contributed by atoms with Crippen LogP contribution < -0.4 is 0 Å². The van der Waals surface area contributed by atoms with Crippen molar-refractivity contribution in [2.24, 2.45) is 0 Å². The lowest BCUT2D eigenvalue weighted by molar-refractivity contribution is 0.101. The predicted molar refractivity (Wildman–Crippen MR) is 72.6 cm³/mol. The van der Waals surface area contributed by atoms with Gasteiger partial charge in [-0.25, -0.2) is 8.42 Å². The summed E-state index contributed by atoms with van der Waals surface area (Å²) in [5.41, 5.74) is 0.374. The van der Waals surface area contributed by atoms with E-state index in [1.807, 2.05) is 0 Å². The first-order chi connectivity index (χ1) is 8.93. The van der Waals surface area contributed by atoms with Crippen molar-refractivity contribution < 1.29 is 18.3 Å². The molecule has 0 atom stereocenters. The number of rotatable bonds is 7. The summed E-state index contributed by atoms with van der Waals surface area (Å²) in [6.45, 7) is 3.67. The molecule has 0 aliphatic rings. The molecule has 1 N–H and O–H groups in total. The van der Waals surface area contributed by atoms with Crippen LogP contribution in [-0.4, -0.2) is 43.3 Å². The lowest BCUT2D eigenvalue weighted by Crippen LogP contribution is -2.32. The van der Waals surface area contributed by atoms with Crippen LogP contribution in [0, 0.1) is 0 Å². The van der Waals surface area contributed by atoms with Crippen LogP contribution in [0.4, 0.5) is 0 Å². The number of aliphatic hydroxyl groups excluding tert-OH is 1. The van der Waals surface area contributed by atoms with Crippen LogP contribution in [0.3, 0.4) is 0 Å². The van der Waals surface area contributed by atoms with Gasteiger partial charge >= 0.3 is 0 Å². The molecule has 106 valence electrons. The Kier molecular flexibility index (Phi) is 5.65. The first-order valence-electron chi connectivity index (χ1n) is 6.15. The summed E-state index contributed by atoms with van der Waals surface area (Å²) in [5, 5.41) is 8.80. The smallest absolute Gasteiger partial charge is 0.243 e. The van der Waals surface area contributed by atoms with E-state index in [0.29, 0.717) is 18.5 Å². The molecule has 1 rings (SSSR count). The Labute approximate surface area is 113 Å². The third-order valence-corrected chi connectivity index (χ3v) is 4.77. The maximum atomic E-state index is 12.4. The maximum Gasteiger partial charge on any atom is 0.243 e. The van der Waals surface area contributed by atoms with Crippen LogP contribution in [0.5, 0.6) is 0 Å². The van der Waals surface area contributed by atoms with Gasteiger partial charge in [0, 0.05) is 25.3 Å². The van der Waals surface area contributed by atoms with Gasteiger partial charge in [0.1, 0.15) is 0 Å². The van der Waals surface area contributed by atoms with E-state index in [-0.39, 0.29) is 23.8 Å². The quantitative estimate of drug-likeness (QED) is 0.766. The van der Waals surface area contributed by atoms with Crippen molar-refractivity contribution in [1.29, 1.82) is 0 Å². The third kappa shape index (κ3) is 3.86. The molecule has 0 heterocycles. The van der Waals surface area contributed by atoms with Gasteiger partial charge < -0.3 is 5.11 Å². The molecule has 0 aliphatic carbocycles. The van der Waals surface area contributed by atoms with Crippen LogP contribution in [0.15, 0.2) is 29.2 Å². The van der Waals surface area contributed by atoms with Crippen LogP contribution in [0.1, 0.15) is 30.6 Å². The second kappa shape index (κ2) is 6.79. The summed E-state index contributed by atoms with van der Waals surface area (Å²) in [7, 11) is -3.61. The summed E-state index contributed by atoms with van der Waals surface area (Å²) in [4.78, 5) is 11.4. The Balaban J connectivity index is 3.11. The van der Waals surface area contributed by atoms with E-state index >= 15 is 0 Å². The molecule has 1 aromatic rings. The molecule has 6 heteroatoms. The minimum absolute atomic E-state index is 0.0560. The van der Waals surface area contributed by atoms with Gasteiger partial charge in [0.05, 0.1) is 4.90 Å². The summed E-state index contributed by atoms with van der Waals surface area (Å²) < 4.78 is 26.0. The van der Waals surface area contributed by atoms with Crippen molar-refractivity contribution in [2.75, 3.05) is 19.7 Å². The summed E-state index contributed by atoms with van der Waals surface area (Å²) >= 11 is 0. The van der Waals surface area contributed by atoms with Crippen LogP contribution >= 0.6 is 0 Å². The van der Waals surface area contributed by atoms with Crippen molar-refractivity contribution in [2.45, 2.75) is 25.2 Å². The lowest BCUT2D eigenvalue weighted by Gasteiger charge is -2.20. The molecule has 0 unspecified atom stereocenters. The summed E-state index contributed by atoms with van der Waals surface area (Å²) in [5.74, 6) is -0.171. The number of aliphatic hydroxyl groups is 1. The molecule has 0 amide bonds.